The molecular weight excluding hydrogens is 524 g/mol. The number of hydrogen-bond acceptors (Lipinski definition) is 4. The minimum atomic E-state index is -0.122. The van der Waals surface area contributed by atoms with Crippen LogP contribution in [0.15, 0.2) is 85.5 Å². The lowest BCUT2D eigenvalue weighted by molar-refractivity contribution is 0.357. The smallest absolute Gasteiger partial charge is 0.174 e. The third kappa shape index (κ3) is 5.25. The Morgan fingerprint density at radius 1 is 1.00 bits per heavy atom. The minimum Gasteiger partial charge on any atom is -0.370 e. The zero-order valence-electron chi connectivity index (χ0n) is 22.2. The highest BCUT2D eigenvalue weighted by molar-refractivity contribution is 7.80. The van der Waals surface area contributed by atoms with Gasteiger partial charge in [-0.25, -0.2) is 0 Å². The van der Waals surface area contributed by atoms with Crippen molar-refractivity contribution >= 4 is 40.3 Å². The molecule has 200 valence electrons. The van der Waals surface area contributed by atoms with Crippen LogP contribution >= 0.6 is 23.8 Å². The number of anilines is 2. The first-order valence-electron chi connectivity index (χ1n) is 13.6. The molecule has 0 radical (unpaired) electrons. The molecular formula is C31H33ClN6S. The van der Waals surface area contributed by atoms with Crippen LogP contribution in [-0.2, 0) is 6.54 Å². The van der Waals surface area contributed by atoms with Crippen molar-refractivity contribution in [3.8, 4) is 0 Å². The molecule has 0 amide bonds. The lowest BCUT2D eigenvalue weighted by Gasteiger charge is -2.37. The molecule has 2 saturated heterocycles. The van der Waals surface area contributed by atoms with Gasteiger partial charge in [0.2, 0.25) is 0 Å². The summed E-state index contributed by atoms with van der Waals surface area (Å²) in [5, 5.41) is 4.99. The summed E-state index contributed by atoms with van der Waals surface area (Å²) in [7, 11) is 0. The molecule has 2 aliphatic heterocycles. The first kappa shape index (κ1) is 25.8. The van der Waals surface area contributed by atoms with Gasteiger partial charge in [0.25, 0.3) is 0 Å². The minimum absolute atomic E-state index is 0.115. The van der Waals surface area contributed by atoms with E-state index < -0.39 is 0 Å². The quantitative estimate of drug-likeness (QED) is 0.269. The van der Waals surface area contributed by atoms with Gasteiger partial charge in [0.15, 0.2) is 5.11 Å². The molecule has 0 saturated carbocycles. The number of nitrogens with zero attached hydrogens (tertiary/aromatic N) is 5. The second-order valence-electron chi connectivity index (χ2n) is 10.9. The van der Waals surface area contributed by atoms with E-state index in [-0.39, 0.29) is 12.1 Å². The fourth-order valence-corrected chi connectivity index (χ4v) is 6.86. The van der Waals surface area contributed by atoms with Crippen molar-refractivity contribution < 1.29 is 0 Å². The zero-order valence-corrected chi connectivity index (χ0v) is 23.8. The summed E-state index contributed by atoms with van der Waals surface area (Å²) in [6.45, 7) is 7.41. The summed E-state index contributed by atoms with van der Waals surface area (Å²) in [5.74, 6) is 1.30. The Labute approximate surface area is 240 Å². The van der Waals surface area contributed by atoms with Gasteiger partial charge < -0.3 is 19.7 Å². The Morgan fingerprint density at radius 3 is 2.56 bits per heavy atom. The molecule has 4 atom stereocenters. The molecule has 6 rings (SSSR count). The molecule has 0 aliphatic carbocycles. The Bertz CT molecular complexity index is 1430. The number of nitrogens with one attached hydrogen (secondary N) is 1. The molecule has 8 heteroatoms. The summed E-state index contributed by atoms with van der Waals surface area (Å²) in [4.78, 5) is 13.6. The van der Waals surface area contributed by atoms with Gasteiger partial charge in [-0.15, -0.1) is 0 Å². The molecule has 0 unspecified atom stereocenters. The van der Waals surface area contributed by atoms with Gasteiger partial charge in [-0.1, -0.05) is 37.6 Å². The van der Waals surface area contributed by atoms with Gasteiger partial charge in [-0.2, -0.15) is 0 Å². The normalized spacial score (nSPS) is 23.2. The van der Waals surface area contributed by atoms with Crippen molar-refractivity contribution in [2.45, 2.75) is 38.9 Å². The van der Waals surface area contributed by atoms with Crippen molar-refractivity contribution in [2.75, 3.05) is 22.9 Å². The Kier molecular flexibility index (Phi) is 7.28. The van der Waals surface area contributed by atoms with Crippen LogP contribution in [0.4, 0.5) is 11.4 Å². The summed E-state index contributed by atoms with van der Waals surface area (Å²) in [6.07, 6.45) is 8.93. The summed E-state index contributed by atoms with van der Waals surface area (Å²) in [5.41, 5.74) is 5.29. The van der Waals surface area contributed by atoms with Crippen molar-refractivity contribution in [3.05, 3.63) is 107 Å². The van der Waals surface area contributed by atoms with E-state index in [4.69, 9.17) is 28.8 Å². The van der Waals surface area contributed by atoms with Crippen LogP contribution in [-0.4, -0.2) is 32.7 Å². The molecule has 2 fully saturated rings. The van der Waals surface area contributed by atoms with Crippen LogP contribution in [0.25, 0.3) is 0 Å². The number of hydrogen-bond donors (Lipinski definition) is 1. The average molecular weight is 557 g/mol. The predicted molar refractivity (Wildman–Crippen MR) is 162 cm³/mol. The second-order valence-corrected chi connectivity index (χ2v) is 11.7. The summed E-state index contributed by atoms with van der Waals surface area (Å²) in [6, 6.07) is 20.5. The number of piperidine rings is 1. The van der Waals surface area contributed by atoms with E-state index >= 15 is 0 Å². The van der Waals surface area contributed by atoms with Crippen LogP contribution in [0, 0.1) is 11.8 Å². The summed E-state index contributed by atoms with van der Waals surface area (Å²) >= 11 is 13.0. The van der Waals surface area contributed by atoms with E-state index in [1.807, 2.05) is 30.6 Å². The third-order valence-electron chi connectivity index (χ3n) is 7.76. The van der Waals surface area contributed by atoms with Crippen molar-refractivity contribution in [1.82, 2.24) is 19.9 Å². The largest absolute Gasteiger partial charge is 0.370 e. The van der Waals surface area contributed by atoms with Crippen LogP contribution in [0.5, 0.6) is 0 Å². The van der Waals surface area contributed by atoms with Gasteiger partial charge >= 0.3 is 0 Å². The Balaban J connectivity index is 1.39. The van der Waals surface area contributed by atoms with Gasteiger partial charge in [0, 0.05) is 55.8 Å². The van der Waals surface area contributed by atoms with Gasteiger partial charge in [-0.3, -0.25) is 9.97 Å². The molecule has 1 N–H and O–H groups in total. The van der Waals surface area contributed by atoms with Crippen LogP contribution in [0.2, 0.25) is 5.02 Å². The molecule has 1 aromatic carbocycles. The Morgan fingerprint density at radius 2 is 1.85 bits per heavy atom. The highest BCUT2D eigenvalue weighted by Crippen LogP contribution is 2.43. The Hall–Kier alpha value is -3.42. The van der Waals surface area contributed by atoms with Crippen molar-refractivity contribution in [3.63, 3.8) is 0 Å². The van der Waals surface area contributed by atoms with E-state index in [9.17, 15) is 0 Å². The number of pyridine rings is 2. The van der Waals surface area contributed by atoms with E-state index in [1.54, 1.807) is 6.20 Å². The SMILES string of the molecule is C[C@H]1C[C@H](C)CN(c2ccc(N3C(=S)N[C@@H](c4ccccn4)[C@@H]3c3cccn3Cc3cccnc3)cc2Cl)C1. The maximum absolute atomic E-state index is 6.99. The monoisotopic (exact) mass is 556 g/mol. The lowest BCUT2D eigenvalue weighted by Crippen LogP contribution is -2.38. The number of thiocarbonyl (C=S) groups is 1. The average Bonchev–Trinajstić information content (AvgIpc) is 3.52. The highest BCUT2D eigenvalue weighted by Gasteiger charge is 2.42. The van der Waals surface area contributed by atoms with Crippen LogP contribution in [0.3, 0.4) is 0 Å². The predicted octanol–water partition coefficient (Wildman–Crippen LogP) is 6.64. The first-order valence-corrected chi connectivity index (χ1v) is 14.4. The fraction of sp³-hybridized carbons (Fsp3) is 0.323. The number of halogens is 1. The molecule has 39 heavy (non-hydrogen) atoms. The standard InChI is InChI=1S/C31H33ClN6S/c1-21-15-22(2)19-37(18-21)27-11-10-24(16-25(27)32)38-30(29(35-31(38)39)26-8-3-4-13-34-26)28-9-6-14-36(28)20-23-7-5-12-33-17-23/h3-14,16-17,21-22,29-30H,15,18-20H2,1-2H3,(H,35,39)/t21-,22-,29-,30-/m0/s1. The molecule has 2 aliphatic rings. The number of benzene rings is 1. The van der Waals surface area contributed by atoms with E-state index in [1.165, 1.54) is 6.42 Å². The molecule has 5 heterocycles. The maximum Gasteiger partial charge on any atom is 0.174 e. The lowest BCUT2D eigenvalue weighted by atomic mass is 9.91. The van der Waals surface area contributed by atoms with E-state index in [0.29, 0.717) is 23.5 Å². The fourth-order valence-electron chi connectivity index (χ4n) is 6.22. The molecule has 3 aromatic heterocycles. The molecule has 6 nitrogen and oxygen atoms in total. The van der Waals surface area contributed by atoms with Crippen LogP contribution in [0.1, 0.15) is 49.3 Å². The summed E-state index contributed by atoms with van der Waals surface area (Å²) < 4.78 is 2.27. The number of aromatic nitrogens is 3. The number of rotatable bonds is 6. The van der Waals surface area contributed by atoms with E-state index in [0.717, 1.165) is 46.4 Å². The second kappa shape index (κ2) is 11.0. The van der Waals surface area contributed by atoms with Gasteiger partial charge in [0.1, 0.15) is 6.04 Å². The molecule has 0 bridgehead atoms. The van der Waals surface area contributed by atoms with Crippen molar-refractivity contribution in [1.29, 1.82) is 0 Å². The maximum atomic E-state index is 6.99. The molecule has 4 aromatic rings. The first-order chi connectivity index (χ1) is 19.0. The highest BCUT2D eigenvalue weighted by atomic mass is 35.5. The van der Waals surface area contributed by atoms with E-state index in [2.05, 4.69) is 87.2 Å². The zero-order chi connectivity index (χ0) is 26.9. The van der Waals surface area contributed by atoms with Crippen molar-refractivity contribution in [2.24, 2.45) is 11.8 Å². The molecule has 0 spiro atoms. The van der Waals surface area contributed by atoms with Gasteiger partial charge in [0.05, 0.1) is 22.4 Å². The van der Waals surface area contributed by atoms with Gasteiger partial charge in [-0.05, 0) is 84.6 Å². The third-order valence-corrected chi connectivity index (χ3v) is 8.38. The topological polar surface area (TPSA) is 49.2 Å². The van der Waals surface area contributed by atoms with Crippen LogP contribution < -0.4 is 15.1 Å².